The number of halogens is 6. The molecule has 0 fully saturated rings. The second-order valence-corrected chi connectivity index (χ2v) is 4.62. The Morgan fingerprint density at radius 3 is 2.38 bits per heavy atom. The molecular weight excluding hydrogens is 298 g/mol. The van der Waals surface area contributed by atoms with Crippen molar-refractivity contribution in [2.24, 2.45) is 0 Å². The van der Waals surface area contributed by atoms with Crippen LogP contribution < -0.4 is 5.32 Å². The molecule has 1 heterocycles. The molecule has 0 saturated heterocycles. The monoisotopic (exact) mass is 314 g/mol. The van der Waals surface area contributed by atoms with Gasteiger partial charge in [0.05, 0.1) is 5.56 Å². The second kappa shape index (κ2) is 7.11. The largest absolute Gasteiger partial charge is 0.416 e. The van der Waals surface area contributed by atoms with E-state index in [0.29, 0.717) is 13.0 Å². The van der Waals surface area contributed by atoms with Crippen LogP contribution in [0.5, 0.6) is 0 Å². The standard InChI is InChI=1S/C13H16F6N2/c1-2-6-21-11(3-5-12(14,15)16)9-8-20-7-4-10(9)13(17,18)19/h4,7-8,11,21H,2-3,5-6H2,1H3. The summed E-state index contributed by atoms with van der Waals surface area (Å²) in [5.74, 6) is 0. The first kappa shape index (κ1) is 17.7. The van der Waals surface area contributed by atoms with Crippen LogP contribution in [0.25, 0.3) is 0 Å². The van der Waals surface area contributed by atoms with Gasteiger partial charge >= 0.3 is 12.4 Å². The number of alkyl halides is 6. The van der Waals surface area contributed by atoms with Gasteiger partial charge in [-0.25, -0.2) is 0 Å². The van der Waals surface area contributed by atoms with Crippen LogP contribution in [-0.4, -0.2) is 17.7 Å². The van der Waals surface area contributed by atoms with Crippen LogP contribution in [0.2, 0.25) is 0 Å². The average molecular weight is 314 g/mol. The molecule has 1 unspecified atom stereocenters. The number of hydrogen-bond donors (Lipinski definition) is 1. The van der Waals surface area contributed by atoms with Crippen molar-refractivity contribution >= 4 is 0 Å². The van der Waals surface area contributed by atoms with Gasteiger partial charge in [-0.3, -0.25) is 4.98 Å². The van der Waals surface area contributed by atoms with Crippen molar-refractivity contribution in [3.8, 4) is 0 Å². The number of pyridine rings is 1. The van der Waals surface area contributed by atoms with Gasteiger partial charge in [-0.15, -0.1) is 0 Å². The van der Waals surface area contributed by atoms with E-state index in [1.807, 2.05) is 0 Å². The van der Waals surface area contributed by atoms with E-state index >= 15 is 0 Å². The fourth-order valence-corrected chi connectivity index (χ4v) is 1.94. The second-order valence-electron chi connectivity index (χ2n) is 4.62. The van der Waals surface area contributed by atoms with Gasteiger partial charge in [-0.1, -0.05) is 6.92 Å². The number of hydrogen-bond acceptors (Lipinski definition) is 2. The zero-order valence-electron chi connectivity index (χ0n) is 11.4. The molecule has 1 atom stereocenters. The molecular formula is C13H16F6N2. The summed E-state index contributed by atoms with van der Waals surface area (Å²) in [6, 6.07) is -0.249. The maximum Gasteiger partial charge on any atom is 0.416 e. The van der Waals surface area contributed by atoms with Crippen LogP contribution in [0, 0.1) is 0 Å². The highest BCUT2D eigenvalue weighted by molar-refractivity contribution is 5.29. The van der Waals surface area contributed by atoms with Gasteiger partial charge in [-0.05, 0) is 31.0 Å². The molecule has 0 aliphatic heterocycles. The third kappa shape index (κ3) is 5.91. The number of rotatable bonds is 6. The molecule has 8 heteroatoms. The van der Waals surface area contributed by atoms with E-state index in [1.54, 1.807) is 6.92 Å². The molecule has 2 nitrogen and oxygen atoms in total. The summed E-state index contributed by atoms with van der Waals surface area (Å²) < 4.78 is 75.8. The molecule has 0 spiro atoms. The smallest absolute Gasteiger partial charge is 0.310 e. The molecule has 120 valence electrons. The fourth-order valence-electron chi connectivity index (χ4n) is 1.94. The zero-order chi connectivity index (χ0) is 16.1. The summed E-state index contributed by atoms with van der Waals surface area (Å²) in [5, 5.41) is 2.73. The Hall–Kier alpha value is -1.31. The molecule has 0 aliphatic rings. The summed E-state index contributed by atoms with van der Waals surface area (Å²) in [6.07, 6.45) is -8.09. The molecule has 1 N–H and O–H groups in total. The topological polar surface area (TPSA) is 24.9 Å². The average Bonchev–Trinajstić information content (AvgIpc) is 2.37. The molecule has 1 aromatic heterocycles. The van der Waals surface area contributed by atoms with E-state index in [2.05, 4.69) is 10.3 Å². The van der Waals surface area contributed by atoms with Crippen LogP contribution in [0.15, 0.2) is 18.5 Å². The van der Waals surface area contributed by atoms with Gasteiger partial charge in [0.25, 0.3) is 0 Å². The summed E-state index contributed by atoms with van der Waals surface area (Å²) >= 11 is 0. The van der Waals surface area contributed by atoms with Crippen molar-refractivity contribution in [1.82, 2.24) is 10.3 Å². The van der Waals surface area contributed by atoms with E-state index in [0.717, 1.165) is 18.5 Å². The maximum atomic E-state index is 12.9. The summed E-state index contributed by atoms with van der Waals surface area (Å²) in [7, 11) is 0. The van der Waals surface area contributed by atoms with Crippen molar-refractivity contribution < 1.29 is 26.3 Å². The highest BCUT2D eigenvalue weighted by atomic mass is 19.4. The van der Waals surface area contributed by atoms with Gasteiger partial charge in [0.2, 0.25) is 0 Å². The molecule has 0 bridgehead atoms. The van der Waals surface area contributed by atoms with Crippen LogP contribution in [0.1, 0.15) is 43.4 Å². The Morgan fingerprint density at radius 1 is 1.19 bits per heavy atom. The van der Waals surface area contributed by atoms with E-state index in [-0.39, 0.29) is 5.56 Å². The van der Waals surface area contributed by atoms with Crippen molar-refractivity contribution in [1.29, 1.82) is 0 Å². The lowest BCUT2D eigenvalue weighted by atomic mass is 9.98. The highest BCUT2D eigenvalue weighted by Gasteiger charge is 2.36. The Bertz CT molecular complexity index is 441. The first-order chi connectivity index (χ1) is 9.65. The SMILES string of the molecule is CCCNC(CCC(F)(F)F)c1cnccc1C(F)(F)F. The van der Waals surface area contributed by atoms with Crippen molar-refractivity contribution in [2.75, 3.05) is 6.54 Å². The summed E-state index contributed by atoms with van der Waals surface area (Å²) in [4.78, 5) is 3.61. The minimum atomic E-state index is -4.62. The van der Waals surface area contributed by atoms with Gasteiger partial charge in [0.15, 0.2) is 0 Å². The van der Waals surface area contributed by atoms with Gasteiger partial charge < -0.3 is 5.32 Å². The Morgan fingerprint density at radius 2 is 1.86 bits per heavy atom. The summed E-state index contributed by atoms with van der Waals surface area (Å²) in [6.45, 7) is 2.11. The normalized spacial score (nSPS) is 14.2. The Kier molecular flexibility index (Phi) is 6.00. The third-order valence-corrected chi connectivity index (χ3v) is 2.89. The molecule has 0 aromatic carbocycles. The quantitative estimate of drug-likeness (QED) is 0.783. The molecule has 0 amide bonds. The molecule has 1 rings (SSSR count). The lowest BCUT2D eigenvalue weighted by Gasteiger charge is -2.23. The molecule has 0 radical (unpaired) electrons. The minimum Gasteiger partial charge on any atom is -0.310 e. The zero-order valence-corrected chi connectivity index (χ0v) is 11.4. The van der Waals surface area contributed by atoms with E-state index in [4.69, 9.17) is 0 Å². The Balaban J connectivity index is 3.02. The maximum absolute atomic E-state index is 12.9. The van der Waals surface area contributed by atoms with Crippen LogP contribution in [0.3, 0.4) is 0 Å². The van der Waals surface area contributed by atoms with E-state index < -0.39 is 36.8 Å². The lowest BCUT2D eigenvalue weighted by molar-refractivity contribution is -0.139. The van der Waals surface area contributed by atoms with Crippen LogP contribution >= 0.6 is 0 Å². The van der Waals surface area contributed by atoms with Crippen molar-refractivity contribution in [2.45, 2.75) is 44.6 Å². The Labute approximate surface area is 118 Å². The minimum absolute atomic E-state index is 0.247. The molecule has 1 aromatic rings. The first-order valence-corrected chi connectivity index (χ1v) is 6.46. The van der Waals surface area contributed by atoms with Gasteiger partial charge in [0.1, 0.15) is 0 Å². The highest BCUT2D eigenvalue weighted by Crippen LogP contribution is 2.36. The number of nitrogens with zero attached hydrogens (tertiary/aromatic N) is 1. The van der Waals surface area contributed by atoms with E-state index in [9.17, 15) is 26.3 Å². The molecule has 0 saturated carbocycles. The van der Waals surface area contributed by atoms with Crippen LogP contribution in [0.4, 0.5) is 26.3 Å². The first-order valence-electron chi connectivity index (χ1n) is 6.46. The third-order valence-electron chi connectivity index (χ3n) is 2.89. The predicted molar refractivity (Wildman–Crippen MR) is 65.6 cm³/mol. The fraction of sp³-hybridized carbons (Fsp3) is 0.615. The van der Waals surface area contributed by atoms with Crippen molar-refractivity contribution in [3.63, 3.8) is 0 Å². The number of aromatic nitrogens is 1. The van der Waals surface area contributed by atoms with E-state index in [1.165, 1.54) is 0 Å². The lowest BCUT2D eigenvalue weighted by Crippen LogP contribution is -2.26. The van der Waals surface area contributed by atoms with Crippen molar-refractivity contribution in [3.05, 3.63) is 29.6 Å². The van der Waals surface area contributed by atoms with Gasteiger partial charge in [-0.2, -0.15) is 26.3 Å². The summed E-state index contributed by atoms with van der Waals surface area (Å²) in [5.41, 5.74) is -1.20. The van der Waals surface area contributed by atoms with Crippen LogP contribution in [-0.2, 0) is 6.18 Å². The van der Waals surface area contributed by atoms with Gasteiger partial charge in [0, 0.05) is 24.9 Å². The number of nitrogens with one attached hydrogen (secondary N) is 1. The molecule has 21 heavy (non-hydrogen) atoms. The molecule has 0 aliphatic carbocycles. The predicted octanol–water partition coefficient (Wildman–Crippen LogP) is 4.48.